The van der Waals surface area contributed by atoms with Gasteiger partial charge in [0.1, 0.15) is 5.44 Å². The van der Waals surface area contributed by atoms with Crippen molar-refractivity contribution in [1.29, 1.82) is 0 Å². The van der Waals surface area contributed by atoms with Gasteiger partial charge in [-0.15, -0.1) is 12.6 Å². The molecule has 0 aromatic rings. The maximum Gasteiger partial charge on any atom is 0.100 e. The fraction of sp³-hybridized carbons (Fsp3) is 1.00. The van der Waals surface area contributed by atoms with Crippen LogP contribution in [0, 0.1) is 0 Å². The minimum absolute atomic E-state index is 0.218. The zero-order chi connectivity index (χ0) is 11.3. The Balaban J connectivity index is -0.000000144. The van der Waals surface area contributed by atoms with Crippen molar-refractivity contribution in [3.05, 3.63) is 0 Å². The van der Waals surface area contributed by atoms with Crippen molar-refractivity contribution in [3.63, 3.8) is 0 Å². The first kappa shape index (κ1) is 19.0. The molecule has 1 aliphatic rings. The highest BCUT2D eigenvalue weighted by Gasteiger charge is 2.16. The molecule has 1 heterocycles. The highest BCUT2D eigenvalue weighted by Crippen LogP contribution is 2.20. The SMILES string of the molecule is CC.CC.CC.CC1CCC(S)O1. The molecule has 2 heteroatoms. The van der Waals surface area contributed by atoms with Gasteiger partial charge in [-0.25, -0.2) is 0 Å². The molecule has 13 heavy (non-hydrogen) atoms. The second-order valence-corrected chi connectivity index (χ2v) is 2.55. The molecule has 0 aliphatic carbocycles. The number of thiol groups is 1. The predicted molar refractivity (Wildman–Crippen MR) is 66.6 cm³/mol. The molecular weight excluding hydrogens is 180 g/mol. The molecule has 0 spiro atoms. The van der Waals surface area contributed by atoms with Gasteiger partial charge >= 0.3 is 0 Å². The van der Waals surface area contributed by atoms with Gasteiger partial charge in [0.2, 0.25) is 0 Å². The van der Waals surface area contributed by atoms with Gasteiger partial charge < -0.3 is 4.74 Å². The summed E-state index contributed by atoms with van der Waals surface area (Å²) >= 11 is 4.13. The fourth-order valence-electron chi connectivity index (χ4n) is 0.782. The Labute approximate surface area is 90.7 Å². The average molecular weight is 208 g/mol. The second-order valence-electron chi connectivity index (χ2n) is 1.98. The third-order valence-electron chi connectivity index (χ3n) is 1.21. The van der Waals surface area contributed by atoms with Gasteiger partial charge in [-0.05, 0) is 19.8 Å². The Morgan fingerprint density at radius 2 is 1.31 bits per heavy atom. The molecule has 0 saturated carbocycles. The molecule has 0 N–H and O–H groups in total. The Morgan fingerprint density at radius 3 is 1.38 bits per heavy atom. The van der Waals surface area contributed by atoms with E-state index in [0.29, 0.717) is 6.10 Å². The van der Waals surface area contributed by atoms with Crippen LogP contribution in [-0.4, -0.2) is 11.5 Å². The van der Waals surface area contributed by atoms with Gasteiger partial charge in [-0.1, -0.05) is 41.5 Å². The van der Waals surface area contributed by atoms with Crippen LogP contribution in [0.1, 0.15) is 61.3 Å². The van der Waals surface area contributed by atoms with Gasteiger partial charge in [0.05, 0.1) is 6.10 Å². The molecule has 0 radical (unpaired) electrons. The standard InChI is InChI=1S/C5H10OS.3C2H6/c1-4-2-3-5(7)6-4;3*1-2/h4-5,7H,2-3H2,1H3;3*1-2H3. The lowest BCUT2D eigenvalue weighted by Crippen LogP contribution is -1.99. The van der Waals surface area contributed by atoms with Crippen LogP contribution >= 0.6 is 12.6 Å². The van der Waals surface area contributed by atoms with Crippen LogP contribution in [0.3, 0.4) is 0 Å². The Morgan fingerprint density at radius 1 is 0.923 bits per heavy atom. The van der Waals surface area contributed by atoms with Gasteiger partial charge in [-0.3, -0.25) is 0 Å². The summed E-state index contributed by atoms with van der Waals surface area (Å²) in [6, 6.07) is 0. The van der Waals surface area contributed by atoms with E-state index in [-0.39, 0.29) is 5.44 Å². The number of ether oxygens (including phenoxy) is 1. The van der Waals surface area contributed by atoms with Crippen LogP contribution in [0.2, 0.25) is 0 Å². The molecule has 0 aromatic carbocycles. The smallest absolute Gasteiger partial charge is 0.100 e. The zero-order valence-corrected chi connectivity index (χ0v) is 11.3. The highest BCUT2D eigenvalue weighted by molar-refractivity contribution is 7.80. The van der Waals surface area contributed by atoms with Crippen LogP contribution in [0.4, 0.5) is 0 Å². The van der Waals surface area contributed by atoms with Crippen LogP contribution in [0.15, 0.2) is 0 Å². The Kier molecular flexibility index (Phi) is 26.5. The third kappa shape index (κ3) is 15.1. The van der Waals surface area contributed by atoms with Crippen LogP contribution in [0.25, 0.3) is 0 Å². The monoisotopic (exact) mass is 208 g/mol. The Bertz CT molecular complexity index is 59.1. The van der Waals surface area contributed by atoms with Crippen LogP contribution in [0.5, 0.6) is 0 Å². The molecular formula is C11H28OS. The van der Waals surface area contributed by atoms with E-state index in [0.717, 1.165) is 6.42 Å². The third-order valence-corrected chi connectivity index (χ3v) is 1.59. The first-order valence-electron chi connectivity index (χ1n) is 5.62. The van der Waals surface area contributed by atoms with Crippen molar-refractivity contribution in [2.45, 2.75) is 72.8 Å². The normalized spacial score (nSPS) is 24.0. The molecule has 2 unspecified atom stereocenters. The minimum Gasteiger partial charge on any atom is -0.365 e. The molecule has 84 valence electrons. The van der Waals surface area contributed by atoms with Crippen LogP contribution in [-0.2, 0) is 4.74 Å². The fourth-order valence-corrected chi connectivity index (χ4v) is 1.14. The lowest BCUT2D eigenvalue weighted by Gasteiger charge is -2.00. The summed E-state index contributed by atoms with van der Waals surface area (Å²) < 4.78 is 5.23. The molecule has 1 fully saturated rings. The van der Waals surface area contributed by atoms with E-state index in [4.69, 9.17) is 4.74 Å². The van der Waals surface area contributed by atoms with Crippen molar-refractivity contribution in [2.24, 2.45) is 0 Å². The van der Waals surface area contributed by atoms with E-state index in [1.54, 1.807) is 0 Å². The highest BCUT2D eigenvalue weighted by atomic mass is 32.1. The summed E-state index contributed by atoms with van der Waals surface area (Å²) in [7, 11) is 0. The summed E-state index contributed by atoms with van der Waals surface area (Å²) in [5, 5.41) is 0. The lowest BCUT2D eigenvalue weighted by atomic mass is 10.3. The first-order chi connectivity index (χ1) is 6.29. The van der Waals surface area contributed by atoms with Crippen molar-refractivity contribution in [3.8, 4) is 0 Å². The van der Waals surface area contributed by atoms with Crippen molar-refractivity contribution < 1.29 is 4.74 Å². The summed E-state index contributed by atoms with van der Waals surface area (Å²) in [5.41, 5.74) is 0.218. The van der Waals surface area contributed by atoms with E-state index < -0.39 is 0 Å². The quantitative estimate of drug-likeness (QED) is 0.576. The summed E-state index contributed by atoms with van der Waals surface area (Å²) in [4.78, 5) is 0. The van der Waals surface area contributed by atoms with Gasteiger partial charge in [0.15, 0.2) is 0 Å². The van der Waals surface area contributed by atoms with E-state index in [9.17, 15) is 0 Å². The van der Waals surface area contributed by atoms with Gasteiger partial charge in [0.25, 0.3) is 0 Å². The second kappa shape index (κ2) is 18.2. The summed E-state index contributed by atoms with van der Waals surface area (Å²) in [6.45, 7) is 14.1. The van der Waals surface area contributed by atoms with Crippen molar-refractivity contribution >= 4 is 12.6 Å². The number of hydrogen-bond donors (Lipinski definition) is 1. The minimum atomic E-state index is 0.218. The largest absolute Gasteiger partial charge is 0.365 e. The van der Waals surface area contributed by atoms with Crippen molar-refractivity contribution in [2.75, 3.05) is 0 Å². The molecule has 1 rings (SSSR count). The molecule has 0 amide bonds. The summed E-state index contributed by atoms with van der Waals surface area (Å²) in [5.74, 6) is 0. The number of rotatable bonds is 0. The molecule has 2 atom stereocenters. The zero-order valence-electron chi connectivity index (χ0n) is 10.4. The maximum atomic E-state index is 5.23. The average Bonchev–Trinajstić information content (AvgIpc) is 2.60. The van der Waals surface area contributed by atoms with Crippen LogP contribution < -0.4 is 0 Å². The topological polar surface area (TPSA) is 9.23 Å². The van der Waals surface area contributed by atoms with Gasteiger partial charge in [-0.2, -0.15) is 0 Å². The van der Waals surface area contributed by atoms with Crippen molar-refractivity contribution in [1.82, 2.24) is 0 Å². The first-order valence-corrected chi connectivity index (χ1v) is 6.14. The lowest BCUT2D eigenvalue weighted by molar-refractivity contribution is 0.107. The van der Waals surface area contributed by atoms with E-state index in [1.807, 2.05) is 41.5 Å². The number of hydrogen-bond acceptors (Lipinski definition) is 2. The predicted octanol–water partition coefficient (Wildman–Crippen LogP) is 4.52. The molecule has 0 aromatic heterocycles. The Hall–Kier alpha value is 0.310. The molecule has 1 aliphatic heterocycles. The summed E-state index contributed by atoms with van der Waals surface area (Å²) in [6.07, 6.45) is 2.74. The maximum absolute atomic E-state index is 5.23. The van der Waals surface area contributed by atoms with E-state index >= 15 is 0 Å². The molecule has 1 nitrogen and oxygen atoms in total. The van der Waals surface area contributed by atoms with E-state index in [1.165, 1.54) is 6.42 Å². The van der Waals surface area contributed by atoms with E-state index in [2.05, 4.69) is 19.6 Å². The van der Waals surface area contributed by atoms with Gasteiger partial charge in [0, 0.05) is 0 Å². The molecule has 0 bridgehead atoms. The molecule has 1 saturated heterocycles.